The first kappa shape index (κ1) is 21.0. The lowest BCUT2D eigenvalue weighted by Crippen LogP contribution is -2.36. The molecule has 4 rings (SSSR count). The SMILES string of the molecule is CCc1ccc([C@H]2C[C@@H](C(F)(F)F)n3ncc(C(=O)NCc4cccn4C)c3N2)cc1. The van der Waals surface area contributed by atoms with Gasteiger partial charge in [-0.2, -0.15) is 18.3 Å². The van der Waals surface area contributed by atoms with E-state index in [1.165, 1.54) is 6.20 Å². The minimum atomic E-state index is -4.48. The highest BCUT2D eigenvalue weighted by Crippen LogP contribution is 2.44. The average Bonchev–Trinajstić information content (AvgIpc) is 3.36. The van der Waals surface area contributed by atoms with E-state index in [9.17, 15) is 18.0 Å². The number of anilines is 1. The Balaban J connectivity index is 1.62. The number of alkyl halides is 3. The smallest absolute Gasteiger partial charge is 0.363 e. The lowest BCUT2D eigenvalue weighted by Gasteiger charge is -2.34. The second kappa shape index (κ2) is 8.13. The molecule has 0 aliphatic carbocycles. The fourth-order valence-corrected chi connectivity index (χ4v) is 3.88. The van der Waals surface area contributed by atoms with E-state index >= 15 is 0 Å². The lowest BCUT2D eigenvalue weighted by molar-refractivity contribution is -0.173. The van der Waals surface area contributed by atoms with Crippen LogP contribution >= 0.6 is 0 Å². The number of halogens is 3. The summed E-state index contributed by atoms with van der Waals surface area (Å²) in [6, 6.07) is 8.83. The van der Waals surface area contributed by atoms with Gasteiger partial charge < -0.3 is 15.2 Å². The van der Waals surface area contributed by atoms with Crippen LogP contribution in [0.3, 0.4) is 0 Å². The van der Waals surface area contributed by atoms with Crippen molar-refractivity contribution in [2.75, 3.05) is 5.32 Å². The fraction of sp³-hybridized carbons (Fsp3) is 0.364. The van der Waals surface area contributed by atoms with Crippen molar-refractivity contribution >= 4 is 11.7 Å². The van der Waals surface area contributed by atoms with Crippen LogP contribution in [0.4, 0.5) is 19.0 Å². The molecule has 2 N–H and O–H groups in total. The van der Waals surface area contributed by atoms with Crippen LogP contribution < -0.4 is 10.6 Å². The Morgan fingerprint density at radius 1 is 1.26 bits per heavy atom. The number of rotatable bonds is 5. The summed E-state index contributed by atoms with van der Waals surface area (Å²) in [6.45, 7) is 2.28. The number of aromatic nitrogens is 3. The van der Waals surface area contributed by atoms with Crippen molar-refractivity contribution in [3.63, 3.8) is 0 Å². The van der Waals surface area contributed by atoms with Crippen LogP contribution in [0.1, 0.15) is 52.6 Å². The number of fused-ring (bicyclic) bond motifs is 1. The fourth-order valence-electron chi connectivity index (χ4n) is 3.88. The Labute approximate surface area is 178 Å². The van der Waals surface area contributed by atoms with Gasteiger partial charge in [0.2, 0.25) is 0 Å². The zero-order chi connectivity index (χ0) is 22.2. The van der Waals surface area contributed by atoms with Crippen LogP contribution in [0.2, 0.25) is 0 Å². The summed E-state index contributed by atoms with van der Waals surface area (Å²) in [6.07, 6.45) is -0.783. The molecule has 0 unspecified atom stereocenters. The van der Waals surface area contributed by atoms with Gasteiger partial charge in [-0.15, -0.1) is 0 Å². The molecule has 0 saturated heterocycles. The quantitative estimate of drug-likeness (QED) is 0.631. The molecule has 2 atom stereocenters. The van der Waals surface area contributed by atoms with Crippen LogP contribution in [0.5, 0.6) is 0 Å². The number of nitrogens with zero attached hydrogens (tertiary/aromatic N) is 3. The van der Waals surface area contributed by atoms with Crippen molar-refractivity contribution < 1.29 is 18.0 Å². The van der Waals surface area contributed by atoms with Crippen LogP contribution in [0.25, 0.3) is 0 Å². The normalized spacial score (nSPS) is 18.4. The van der Waals surface area contributed by atoms with Gasteiger partial charge in [-0.25, -0.2) is 4.68 Å². The molecule has 0 saturated carbocycles. The predicted molar refractivity (Wildman–Crippen MR) is 111 cm³/mol. The maximum atomic E-state index is 13.8. The van der Waals surface area contributed by atoms with Crippen LogP contribution in [0, 0.1) is 0 Å². The topological polar surface area (TPSA) is 63.9 Å². The summed E-state index contributed by atoms with van der Waals surface area (Å²) in [5.74, 6) is -0.389. The highest BCUT2D eigenvalue weighted by Gasteiger charge is 2.47. The highest BCUT2D eigenvalue weighted by atomic mass is 19.4. The zero-order valence-corrected chi connectivity index (χ0v) is 17.3. The van der Waals surface area contributed by atoms with Crippen LogP contribution in [-0.2, 0) is 20.0 Å². The predicted octanol–water partition coefficient (Wildman–Crippen LogP) is 4.37. The van der Waals surface area contributed by atoms with E-state index in [-0.39, 0.29) is 24.3 Å². The standard InChI is InChI=1S/C22H24F3N5O/c1-3-14-6-8-15(9-7-14)18-11-19(22(23,24)25)30-20(28-18)17(13-27-30)21(31)26-12-16-5-4-10-29(16)2/h4-10,13,18-19,28H,3,11-12H2,1-2H3,(H,26,31)/t18-,19+/m1/s1. The summed E-state index contributed by atoms with van der Waals surface area (Å²) in [5, 5.41) is 9.80. The number of carbonyl (C=O) groups is 1. The lowest BCUT2D eigenvalue weighted by atomic mass is 9.95. The largest absolute Gasteiger partial charge is 0.410 e. The Morgan fingerprint density at radius 2 is 2.00 bits per heavy atom. The van der Waals surface area contributed by atoms with Crippen molar-refractivity contribution in [3.05, 3.63) is 71.2 Å². The molecule has 0 radical (unpaired) electrons. The van der Waals surface area contributed by atoms with Gasteiger partial charge in [0, 0.05) is 25.4 Å². The number of hydrogen-bond acceptors (Lipinski definition) is 3. The molecule has 2 aromatic heterocycles. The molecule has 0 spiro atoms. The molecule has 9 heteroatoms. The molecule has 1 amide bonds. The Bertz CT molecular complexity index is 1070. The van der Waals surface area contributed by atoms with Gasteiger partial charge in [0.25, 0.3) is 5.91 Å². The van der Waals surface area contributed by atoms with Gasteiger partial charge in [-0.05, 0) is 29.7 Å². The number of amides is 1. The third kappa shape index (κ3) is 4.17. The molecule has 1 aromatic carbocycles. The third-order valence-electron chi connectivity index (χ3n) is 5.75. The van der Waals surface area contributed by atoms with E-state index in [0.717, 1.165) is 27.9 Å². The van der Waals surface area contributed by atoms with Gasteiger partial charge in [-0.1, -0.05) is 31.2 Å². The third-order valence-corrected chi connectivity index (χ3v) is 5.75. The van der Waals surface area contributed by atoms with Gasteiger partial charge in [0.05, 0.1) is 18.8 Å². The first-order valence-corrected chi connectivity index (χ1v) is 10.2. The maximum Gasteiger partial charge on any atom is 0.410 e. The molecule has 6 nitrogen and oxygen atoms in total. The van der Waals surface area contributed by atoms with E-state index in [1.807, 2.05) is 61.1 Å². The molecule has 0 bridgehead atoms. The minimum Gasteiger partial charge on any atom is -0.363 e. The highest BCUT2D eigenvalue weighted by molar-refractivity contribution is 5.98. The maximum absolute atomic E-state index is 13.8. The van der Waals surface area contributed by atoms with E-state index in [0.29, 0.717) is 0 Å². The van der Waals surface area contributed by atoms with Crippen molar-refractivity contribution in [2.24, 2.45) is 7.05 Å². The molecular formula is C22H24F3N5O. The Morgan fingerprint density at radius 3 is 2.61 bits per heavy atom. The average molecular weight is 431 g/mol. The number of hydrogen-bond donors (Lipinski definition) is 2. The molecular weight excluding hydrogens is 407 g/mol. The molecule has 1 aliphatic heterocycles. The second-order valence-corrected chi connectivity index (χ2v) is 7.73. The van der Waals surface area contributed by atoms with Crippen molar-refractivity contribution in [3.8, 4) is 0 Å². The first-order valence-electron chi connectivity index (χ1n) is 10.2. The summed E-state index contributed by atoms with van der Waals surface area (Å²) < 4.78 is 44.2. The first-order chi connectivity index (χ1) is 14.8. The Kier molecular flexibility index (Phi) is 5.51. The van der Waals surface area contributed by atoms with Crippen LogP contribution in [0.15, 0.2) is 48.8 Å². The van der Waals surface area contributed by atoms with E-state index < -0.39 is 24.2 Å². The molecule has 3 aromatic rings. The summed E-state index contributed by atoms with van der Waals surface area (Å²) in [7, 11) is 1.85. The minimum absolute atomic E-state index is 0.0857. The van der Waals surface area contributed by atoms with Gasteiger partial charge in [0.15, 0.2) is 6.04 Å². The molecule has 1 aliphatic rings. The molecule has 3 heterocycles. The van der Waals surface area contributed by atoms with Crippen molar-refractivity contribution in [2.45, 2.75) is 44.6 Å². The van der Waals surface area contributed by atoms with E-state index in [2.05, 4.69) is 15.7 Å². The molecule has 0 fully saturated rings. The van der Waals surface area contributed by atoms with E-state index in [4.69, 9.17) is 0 Å². The monoisotopic (exact) mass is 431 g/mol. The van der Waals surface area contributed by atoms with Gasteiger partial charge >= 0.3 is 6.18 Å². The van der Waals surface area contributed by atoms with Crippen molar-refractivity contribution in [1.82, 2.24) is 19.7 Å². The number of aryl methyl sites for hydroxylation is 2. The van der Waals surface area contributed by atoms with Crippen molar-refractivity contribution in [1.29, 1.82) is 0 Å². The molecule has 164 valence electrons. The molecule has 31 heavy (non-hydrogen) atoms. The van der Waals surface area contributed by atoms with Gasteiger partial charge in [0.1, 0.15) is 11.4 Å². The van der Waals surface area contributed by atoms with Crippen LogP contribution in [-0.4, -0.2) is 26.4 Å². The van der Waals surface area contributed by atoms with Gasteiger partial charge in [-0.3, -0.25) is 4.79 Å². The number of benzene rings is 1. The Hall–Kier alpha value is -3.23. The summed E-state index contributed by atoms with van der Waals surface area (Å²) in [5.41, 5.74) is 2.83. The number of carbonyl (C=O) groups excluding carboxylic acids is 1. The summed E-state index contributed by atoms with van der Waals surface area (Å²) >= 11 is 0. The summed E-state index contributed by atoms with van der Waals surface area (Å²) in [4.78, 5) is 12.8. The number of nitrogens with one attached hydrogen (secondary N) is 2. The second-order valence-electron chi connectivity index (χ2n) is 7.73. The van der Waals surface area contributed by atoms with E-state index in [1.54, 1.807) is 0 Å². The zero-order valence-electron chi connectivity index (χ0n) is 17.3.